The van der Waals surface area contributed by atoms with Crippen LogP contribution in [-0.2, 0) is 12.7 Å². The molecule has 0 aliphatic carbocycles. The quantitative estimate of drug-likeness (QED) is 0.510. The van der Waals surface area contributed by atoms with Crippen LogP contribution in [0, 0.1) is 0 Å². The number of nitrogen functional groups attached to an aromatic ring is 1. The zero-order valence-electron chi connectivity index (χ0n) is 10.7. The molecular formula is C12H12F3N5O. The summed E-state index contributed by atoms with van der Waals surface area (Å²) in [5.41, 5.74) is 0.271. The number of carbonyl (C=O) groups excluding carboxylic acids is 1. The highest BCUT2D eigenvalue weighted by Crippen LogP contribution is 2.36. The van der Waals surface area contributed by atoms with Gasteiger partial charge in [-0.05, 0) is 12.1 Å². The number of hydrogen-bond donors (Lipinski definition) is 4. The van der Waals surface area contributed by atoms with Crippen molar-refractivity contribution >= 4 is 11.6 Å². The molecule has 1 heterocycles. The number of anilines is 1. The summed E-state index contributed by atoms with van der Waals surface area (Å²) >= 11 is 0. The molecule has 2 aromatic rings. The number of carbonyl (C=O) groups is 1. The number of amides is 1. The highest BCUT2D eigenvalue weighted by Gasteiger charge is 2.35. The fourth-order valence-corrected chi connectivity index (χ4v) is 1.79. The third kappa shape index (κ3) is 3.31. The largest absolute Gasteiger partial charge is 0.418 e. The first kappa shape index (κ1) is 14.9. The molecule has 0 saturated heterocycles. The molecule has 0 aliphatic rings. The predicted molar refractivity (Wildman–Crippen MR) is 69.0 cm³/mol. The molecule has 0 radical (unpaired) electrons. The third-order valence-corrected chi connectivity index (χ3v) is 2.73. The molecule has 0 fully saturated rings. The Morgan fingerprint density at radius 1 is 1.38 bits per heavy atom. The number of rotatable bonds is 4. The van der Waals surface area contributed by atoms with E-state index in [1.807, 2.05) is 5.43 Å². The number of hydrazine groups is 1. The Bertz CT molecular complexity index is 624. The van der Waals surface area contributed by atoms with Crippen molar-refractivity contribution in [1.82, 2.24) is 15.3 Å². The van der Waals surface area contributed by atoms with Crippen LogP contribution in [0.5, 0.6) is 0 Å². The van der Waals surface area contributed by atoms with Crippen LogP contribution in [0.4, 0.5) is 18.9 Å². The summed E-state index contributed by atoms with van der Waals surface area (Å²) in [6.45, 7) is 0.0616. The van der Waals surface area contributed by atoms with E-state index in [1.165, 1.54) is 12.3 Å². The van der Waals surface area contributed by atoms with Gasteiger partial charge in [0.15, 0.2) is 0 Å². The van der Waals surface area contributed by atoms with Crippen LogP contribution in [-0.4, -0.2) is 15.9 Å². The first-order valence-corrected chi connectivity index (χ1v) is 5.86. The molecule has 1 aromatic carbocycles. The average Bonchev–Trinajstić information content (AvgIpc) is 2.96. The molecule has 1 aromatic heterocycles. The van der Waals surface area contributed by atoms with E-state index in [-0.39, 0.29) is 12.1 Å². The Labute approximate surface area is 117 Å². The van der Waals surface area contributed by atoms with E-state index in [1.54, 1.807) is 6.20 Å². The zero-order valence-corrected chi connectivity index (χ0v) is 10.7. The molecule has 0 atom stereocenters. The topological polar surface area (TPSA) is 95.8 Å². The van der Waals surface area contributed by atoms with Gasteiger partial charge in [-0.25, -0.2) is 4.98 Å². The van der Waals surface area contributed by atoms with Gasteiger partial charge in [0.2, 0.25) is 0 Å². The summed E-state index contributed by atoms with van der Waals surface area (Å²) in [6.07, 6.45) is -1.55. The second-order valence-electron chi connectivity index (χ2n) is 4.09. The third-order valence-electron chi connectivity index (χ3n) is 2.73. The first-order chi connectivity index (χ1) is 9.93. The molecule has 1 amide bonds. The lowest BCUT2D eigenvalue weighted by Gasteiger charge is -2.15. The van der Waals surface area contributed by atoms with Gasteiger partial charge in [-0.3, -0.25) is 10.6 Å². The first-order valence-electron chi connectivity index (χ1n) is 5.86. The Balaban J connectivity index is 2.24. The number of aromatic amines is 1. The second kappa shape index (κ2) is 5.83. The number of benzene rings is 1. The molecule has 112 valence electrons. The minimum absolute atomic E-state index is 0.0616. The Morgan fingerprint density at radius 2 is 2.14 bits per heavy atom. The number of aromatic nitrogens is 2. The monoisotopic (exact) mass is 299 g/mol. The van der Waals surface area contributed by atoms with Crippen molar-refractivity contribution in [1.29, 1.82) is 0 Å². The number of nitrogens with zero attached hydrogens (tertiary/aromatic N) is 1. The lowest BCUT2D eigenvalue weighted by molar-refractivity contribution is -0.137. The molecule has 0 spiro atoms. The maximum Gasteiger partial charge on any atom is 0.418 e. The number of halogens is 3. The minimum Gasteiger partial charge on any atom is -0.347 e. The normalized spacial score (nSPS) is 11.2. The number of imidazole rings is 1. The minimum atomic E-state index is -4.61. The van der Waals surface area contributed by atoms with Crippen LogP contribution in [0.1, 0.15) is 21.7 Å². The molecule has 21 heavy (non-hydrogen) atoms. The molecule has 0 aliphatic heterocycles. The predicted octanol–water partition coefficient (Wildman–Crippen LogP) is 1.64. The van der Waals surface area contributed by atoms with Crippen molar-refractivity contribution in [2.24, 2.45) is 5.84 Å². The summed E-state index contributed by atoms with van der Waals surface area (Å²) in [5.74, 6) is 4.92. The Hall–Kier alpha value is -2.55. The molecule has 9 heteroatoms. The summed E-state index contributed by atoms with van der Waals surface area (Å²) in [7, 11) is 0. The molecule has 0 unspecified atom stereocenters. The summed E-state index contributed by atoms with van der Waals surface area (Å²) in [6, 6.07) is 3.24. The number of nitrogens with two attached hydrogens (primary N) is 1. The van der Waals surface area contributed by atoms with Gasteiger partial charge in [0.1, 0.15) is 5.82 Å². The van der Waals surface area contributed by atoms with Gasteiger partial charge < -0.3 is 15.7 Å². The van der Waals surface area contributed by atoms with E-state index in [0.29, 0.717) is 5.82 Å². The number of H-pyrrole nitrogens is 1. The standard InChI is InChI=1S/C12H12F3N5O/c13-12(14,15)8-3-1-2-7(10(8)20-16)11(21)19-6-9-17-4-5-18-9/h1-5,20H,6,16H2,(H,17,18)(H,19,21). The average molecular weight is 299 g/mol. The van der Waals surface area contributed by atoms with Crippen molar-refractivity contribution in [3.05, 3.63) is 47.5 Å². The maximum absolute atomic E-state index is 12.8. The summed E-state index contributed by atoms with van der Waals surface area (Å²) < 4.78 is 38.5. The van der Waals surface area contributed by atoms with E-state index >= 15 is 0 Å². The second-order valence-corrected chi connectivity index (χ2v) is 4.09. The van der Waals surface area contributed by atoms with Gasteiger partial charge in [-0.15, -0.1) is 0 Å². The smallest absolute Gasteiger partial charge is 0.347 e. The highest BCUT2D eigenvalue weighted by atomic mass is 19.4. The zero-order chi connectivity index (χ0) is 15.5. The SMILES string of the molecule is NNc1c(C(=O)NCc2ncc[nH]2)cccc1C(F)(F)F. The van der Waals surface area contributed by atoms with Crippen molar-refractivity contribution in [2.45, 2.75) is 12.7 Å². The van der Waals surface area contributed by atoms with Crippen LogP contribution in [0.2, 0.25) is 0 Å². The van der Waals surface area contributed by atoms with E-state index in [0.717, 1.165) is 12.1 Å². The number of hydrogen-bond acceptors (Lipinski definition) is 4. The summed E-state index contributed by atoms with van der Waals surface area (Å²) in [4.78, 5) is 18.6. The van der Waals surface area contributed by atoms with Gasteiger partial charge in [-0.1, -0.05) is 6.07 Å². The van der Waals surface area contributed by atoms with Crippen LogP contribution < -0.4 is 16.6 Å². The van der Waals surface area contributed by atoms with E-state index < -0.39 is 23.3 Å². The van der Waals surface area contributed by atoms with Gasteiger partial charge in [0, 0.05) is 12.4 Å². The lowest BCUT2D eigenvalue weighted by Crippen LogP contribution is -2.26. The van der Waals surface area contributed by atoms with Crippen LogP contribution in [0.15, 0.2) is 30.6 Å². The van der Waals surface area contributed by atoms with Crippen LogP contribution >= 0.6 is 0 Å². The van der Waals surface area contributed by atoms with Gasteiger partial charge in [0.05, 0.1) is 23.4 Å². The molecular weight excluding hydrogens is 287 g/mol. The molecule has 0 bridgehead atoms. The van der Waals surface area contributed by atoms with Crippen LogP contribution in [0.25, 0.3) is 0 Å². The Kier molecular flexibility index (Phi) is 4.13. The van der Waals surface area contributed by atoms with Crippen molar-refractivity contribution < 1.29 is 18.0 Å². The molecule has 6 nitrogen and oxygen atoms in total. The van der Waals surface area contributed by atoms with E-state index in [4.69, 9.17) is 5.84 Å². The van der Waals surface area contributed by atoms with Crippen molar-refractivity contribution in [2.75, 3.05) is 5.43 Å². The highest BCUT2D eigenvalue weighted by molar-refractivity contribution is 6.00. The lowest BCUT2D eigenvalue weighted by atomic mass is 10.1. The van der Waals surface area contributed by atoms with E-state index in [9.17, 15) is 18.0 Å². The number of para-hydroxylation sites is 1. The molecule has 0 saturated carbocycles. The maximum atomic E-state index is 12.8. The van der Waals surface area contributed by atoms with Crippen LogP contribution in [0.3, 0.4) is 0 Å². The van der Waals surface area contributed by atoms with Gasteiger partial charge >= 0.3 is 6.18 Å². The number of nitrogens with one attached hydrogen (secondary N) is 3. The number of alkyl halides is 3. The molecule has 5 N–H and O–H groups in total. The summed E-state index contributed by atoms with van der Waals surface area (Å²) in [5, 5.41) is 2.46. The fourth-order valence-electron chi connectivity index (χ4n) is 1.79. The van der Waals surface area contributed by atoms with Gasteiger partial charge in [-0.2, -0.15) is 13.2 Å². The van der Waals surface area contributed by atoms with E-state index in [2.05, 4.69) is 15.3 Å². The van der Waals surface area contributed by atoms with Crippen molar-refractivity contribution in [3.63, 3.8) is 0 Å². The molecule has 2 rings (SSSR count). The van der Waals surface area contributed by atoms with Crippen molar-refractivity contribution in [3.8, 4) is 0 Å². The Morgan fingerprint density at radius 3 is 2.71 bits per heavy atom. The fraction of sp³-hybridized carbons (Fsp3) is 0.167. The van der Waals surface area contributed by atoms with Gasteiger partial charge in [0.25, 0.3) is 5.91 Å².